The summed E-state index contributed by atoms with van der Waals surface area (Å²) in [6.45, 7) is 7.93. The van der Waals surface area contributed by atoms with Crippen molar-refractivity contribution < 1.29 is 4.79 Å². The summed E-state index contributed by atoms with van der Waals surface area (Å²) in [6.07, 6.45) is 2.00. The summed E-state index contributed by atoms with van der Waals surface area (Å²) in [5.41, 5.74) is 0.378. The number of aromatic nitrogens is 2. The van der Waals surface area contributed by atoms with Crippen LogP contribution < -0.4 is 5.56 Å². The number of nitrogens with zero attached hydrogens (tertiary/aromatic N) is 3. The minimum atomic E-state index is -0.365. The maximum Gasteiger partial charge on any atom is 0.266 e. The molecule has 0 bridgehead atoms. The van der Waals surface area contributed by atoms with E-state index in [1.165, 1.54) is 0 Å². The van der Waals surface area contributed by atoms with E-state index in [9.17, 15) is 9.59 Å². The first-order chi connectivity index (χ1) is 11.8. The van der Waals surface area contributed by atoms with Crippen LogP contribution in [0.25, 0.3) is 10.6 Å². The predicted octanol–water partition coefficient (Wildman–Crippen LogP) is 3.26. The summed E-state index contributed by atoms with van der Waals surface area (Å²) >= 11 is 1.61. The summed E-state index contributed by atoms with van der Waals surface area (Å²) in [5, 5.41) is 6.54. The van der Waals surface area contributed by atoms with E-state index in [0.29, 0.717) is 13.1 Å². The highest BCUT2D eigenvalue weighted by atomic mass is 32.1. The van der Waals surface area contributed by atoms with Crippen LogP contribution in [-0.4, -0.2) is 33.7 Å². The number of likely N-dealkylation sites (tertiary alicyclic amines) is 1. The predicted molar refractivity (Wildman–Crippen MR) is 101 cm³/mol. The molecule has 25 heavy (non-hydrogen) atoms. The largest absolute Gasteiger partial charge is 0.342 e. The summed E-state index contributed by atoms with van der Waals surface area (Å²) in [7, 11) is 0. The molecule has 2 aromatic heterocycles. The molecule has 6 heteroatoms. The molecule has 3 heterocycles. The molecule has 1 amide bonds. The van der Waals surface area contributed by atoms with Crippen LogP contribution >= 0.6 is 11.3 Å². The lowest BCUT2D eigenvalue weighted by Gasteiger charge is -2.36. The molecule has 3 rings (SSSR count). The van der Waals surface area contributed by atoms with Crippen molar-refractivity contribution in [3.63, 3.8) is 0 Å². The zero-order valence-corrected chi connectivity index (χ0v) is 15.9. The number of thiophene rings is 1. The monoisotopic (exact) mass is 359 g/mol. The van der Waals surface area contributed by atoms with Gasteiger partial charge in [-0.1, -0.05) is 26.8 Å². The Hall–Kier alpha value is -1.95. The Bertz CT molecular complexity index is 790. The lowest BCUT2D eigenvalue weighted by Crippen LogP contribution is -2.46. The Labute approximate surface area is 152 Å². The first-order valence-corrected chi connectivity index (χ1v) is 9.64. The highest BCUT2D eigenvalue weighted by Crippen LogP contribution is 2.25. The molecule has 0 saturated carbocycles. The summed E-state index contributed by atoms with van der Waals surface area (Å²) in [5.74, 6) is 0.452. The smallest absolute Gasteiger partial charge is 0.266 e. The van der Waals surface area contributed by atoms with Crippen molar-refractivity contribution in [2.45, 2.75) is 40.2 Å². The van der Waals surface area contributed by atoms with Crippen molar-refractivity contribution in [2.75, 3.05) is 13.1 Å². The van der Waals surface area contributed by atoms with Crippen molar-refractivity contribution in [3.05, 3.63) is 40.0 Å². The lowest BCUT2D eigenvalue weighted by atomic mass is 9.91. The van der Waals surface area contributed by atoms with E-state index >= 15 is 0 Å². The van der Waals surface area contributed by atoms with Gasteiger partial charge in [0, 0.05) is 31.1 Å². The molecular weight excluding hydrogens is 334 g/mol. The molecular formula is C19H25N3O2S. The highest BCUT2D eigenvalue weighted by molar-refractivity contribution is 7.13. The number of hydrogen-bond acceptors (Lipinski definition) is 4. The molecule has 1 aliphatic heterocycles. The number of piperidine rings is 1. The summed E-state index contributed by atoms with van der Waals surface area (Å²) in [4.78, 5) is 27.8. The molecule has 1 aliphatic rings. The molecule has 0 aliphatic carbocycles. The molecule has 0 spiro atoms. The summed E-state index contributed by atoms with van der Waals surface area (Å²) < 4.78 is 1.56. The van der Waals surface area contributed by atoms with Gasteiger partial charge in [-0.05, 0) is 36.3 Å². The highest BCUT2D eigenvalue weighted by Gasteiger charge is 2.31. The fraction of sp³-hybridized carbons (Fsp3) is 0.526. The second-order valence-corrected chi connectivity index (χ2v) is 8.67. The number of carbonyl (C=O) groups excluding carboxylic acids is 1. The molecule has 5 nitrogen and oxygen atoms in total. The van der Waals surface area contributed by atoms with Gasteiger partial charge in [-0.25, -0.2) is 4.68 Å². The second-order valence-electron chi connectivity index (χ2n) is 7.73. The quantitative estimate of drug-likeness (QED) is 0.845. The second kappa shape index (κ2) is 7.12. The molecule has 1 fully saturated rings. The van der Waals surface area contributed by atoms with Crippen LogP contribution in [-0.2, 0) is 11.3 Å². The van der Waals surface area contributed by atoms with Crippen LogP contribution in [0.4, 0.5) is 0 Å². The molecule has 0 unspecified atom stereocenters. The fourth-order valence-corrected chi connectivity index (χ4v) is 3.94. The number of rotatable bonds is 3. The zero-order valence-electron chi connectivity index (χ0n) is 15.1. The third-order valence-electron chi connectivity index (χ3n) is 4.52. The van der Waals surface area contributed by atoms with E-state index < -0.39 is 0 Å². The maximum atomic E-state index is 12.5. The topological polar surface area (TPSA) is 55.2 Å². The van der Waals surface area contributed by atoms with Crippen molar-refractivity contribution >= 4 is 17.2 Å². The Morgan fingerprint density at radius 2 is 2.12 bits per heavy atom. The Morgan fingerprint density at radius 3 is 2.80 bits per heavy atom. The number of amides is 1. The van der Waals surface area contributed by atoms with Crippen LogP contribution in [0.3, 0.4) is 0 Å². The van der Waals surface area contributed by atoms with Crippen LogP contribution in [0.2, 0.25) is 0 Å². The zero-order chi connectivity index (χ0) is 18.0. The van der Waals surface area contributed by atoms with E-state index in [1.807, 2.05) is 43.2 Å². The van der Waals surface area contributed by atoms with Crippen LogP contribution in [0, 0.1) is 11.3 Å². The van der Waals surface area contributed by atoms with Gasteiger partial charge in [0.25, 0.3) is 5.56 Å². The Kier molecular flexibility index (Phi) is 5.08. The van der Waals surface area contributed by atoms with Gasteiger partial charge in [-0.3, -0.25) is 9.59 Å². The molecule has 0 N–H and O–H groups in total. The van der Waals surface area contributed by atoms with Gasteiger partial charge in [-0.15, -0.1) is 11.3 Å². The normalized spacial score (nSPS) is 18.4. The average molecular weight is 359 g/mol. The average Bonchev–Trinajstić information content (AvgIpc) is 3.10. The van der Waals surface area contributed by atoms with E-state index in [0.717, 1.165) is 30.0 Å². The van der Waals surface area contributed by atoms with Crippen LogP contribution in [0.5, 0.6) is 0 Å². The SMILES string of the molecule is CC(C)(C)C(=O)N1CCC[C@H](Cn2nc(-c3cccs3)ccc2=O)C1. The van der Waals surface area contributed by atoms with Crippen molar-refractivity contribution in [3.8, 4) is 10.6 Å². The molecule has 0 aromatic carbocycles. The Balaban J connectivity index is 1.75. The van der Waals surface area contributed by atoms with E-state index in [2.05, 4.69) is 5.10 Å². The number of carbonyl (C=O) groups is 1. The van der Waals surface area contributed by atoms with Gasteiger partial charge in [0.1, 0.15) is 5.69 Å². The van der Waals surface area contributed by atoms with Crippen molar-refractivity contribution in [2.24, 2.45) is 11.3 Å². The number of hydrogen-bond donors (Lipinski definition) is 0. The Morgan fingerprint density at radius 1 is 1.32 bits per heavy atom. The minimum absolute atomic E-state index is 0.0837. The van der Waals surface area contributed by atoms with Gasteiger partial charge in [0.2, 0.25) is 5.91 Å². The molecule has 0 radical (unpaired) electrons. The standard InChI is InChI=1S/C19H25N3O2S/c1-19(2,3)18(24)21-10-4-6-14(12-21)13-22-17(23)9-8-15(20-22)16-7-5-11-25-16/h5,7-9,11,14H,4,6,10,12-13H2,1-3H3/t14-/m0/s1. The minimum Gasteiger partial charge on any atom is -0.342 e. The van der Waals surface area contributed by atoms with Gasteiger partial charge in [-0.2, -0.15) is 5.10 Å². The molecule has 1 atom stereocenters. The van der Waals surface area contributed by atoms with Gasteiger partial charge < -0.3 is 4.90 Å². The van der Waals surface area contributed by atoms with Gasteiger partial charge >= 0.3 is 0 Å². The molecule has 134 valence electrons. The van der Waals surface area contributed by atoms with Crippen molar-refractivity contribution in [1.29, 1.82) is 0 Å². The molecule has 1 saturated heterocycles. The molecule has 2 aromatic rings. The summed E-state index contributed by atoms with van der Waals surface area (Å²) in [6, 6.07) is 7.35. The van der Waals surface area contributed by atoms with Crippen LogP contribution in [0.15, 0.2) is 34.4 Å². The third kappa shape index (κ3) is 4.18. The van der Waals surface area contributed by atoms with E-state index in [1.54, 1.807) is 28.2 Å². The maximum absolute atomic E-state index is 12.5. The van der Waals surface area contributed by atoms with Crippen molar-refractivity contribution in [1.82, 2.24) is 14.7 Å². The first kappa shape index (κ1) is 17.9. The van der Waals surface area contributed by atoms with Crippen LogP contribution in [0.1, 0.15) is 33.6 Å². The van der Waals surface area contributed by atoms with Gasteiger partial charge in [0.15, 0.2) is 0 Å². The fourth-order valence-electron chi connectivity index (χ4n) is 3.25. The van der Waals surface area contributed by atoms with E-state index in [4.69, 9.17) is 0 Å². The van der Waals surface area contributed by atoms with Gasteiger partial charge in [0.05, 0.1) is 4.88 Å². The third-order valence-corrected chi connectivity index (χ3v) is 5.41. The first-order valence-electron chi connectivity index (χ1n) is 8.76. The lowest BCUT2D eigenvalue weighted by molar-refractivity contribution is -0.141. The van der Waals surface area contributed by atoms with E-state index in [-0.39, 0.29) is 22.8 Å².